The van der Waals surface area contributed by atoms with E-state index in [0.29, 0.717) is 5.75 Å². The van der Waals surface area contributed by atoms with Crippen LogP contribution in [-0.4, -0.2) is 23.4 Å². The topological polar surface area (TPSA) is 49.7 Å². The van der Waals surface area contributed by atoms with Crippen LogP contribution in [0.15, 0.2) is 6.07 Å². The number of aryl methyl sites for hydroxylation is 1. The second kappa shape index (κ2) is 10.7. The maximum absolute atomic E-state index is 9.93. The van der Waals surface area contributed by atoms with Crippen molar-refractivity contribution in [1.29, 1.82) is 0 Å². The van der Waals surface area contributed by atoms with Gasteiger partial charge in [0.25, 0.3) is 0 Å². The molecule has 0 heterocycles. The zero-order valence-electron chi connectivity index (χ0n) is 17.0. The Morgan fingerprint density at radius 1 is 0.880 bits per heavy atom. The van der Waals surface area contributed by atoms with Gasteiger partial charge in [0.05, 0.1) is 6.61 Å². The van der Waals surface area contributed by atoms with Crippen molar-refractivity contribution in [1.82, 2.24) is 0 Å². The van der Waals surface area contributed by atoms with Crippen LogP contribution in [0.5, 0.6) is 11.5 Å². The number of rotatable bonds is 12. The van der Waals surface area contributed by atoms with Crippen molar-refractivity contribution in [2.75, 3.05) is 13.2 Å². The molecule has 1 rings (SSSR count). The molecule has 0 atom stereocenters. The lowest BCUT2D eigenvalue weighted by molar-refractivity contribution is 0.147. The molecule has 2 N–H and O–H groups in total. The SMILES string of the molecule is Cc1cc(OCCCCCCCCCC(C)(C)CO)c(C)c(C)c1O. The lowest BCUT2D eigenvalue weighted by Gasteiger charge is -2.20. The zero-order valence-corrected chi connectivity index (χ0v) is 17.0. The van der Waals surface area contributed by atoms with Crippen LogP contribution in [0.1, 0.15) is 81.9 Å². The van der Waals surface area contributed by atoms with Crippen LogP contribution in [0.3, 0.4) is 0 Å². The van der Waals surface area contributed by atoms with E-state index in [2.05, 4.69) is 13.8 Å². The van der Waals surface area contributed by atoms with Crippen molar-refractivity contribution in [3.8, 4) is 11.5 Å². The zero-order chi connectivity index (χ0) is 18.9. The average Bonchev–Trinajstić information content (AvgIpc) is 2.58. The molecule has 25 heavy (non-hydrogen) atoms. The Morgan fingerprint density at radius 3 is 2.04 bits per heavy atom. The Balaban J connectivity index is 2.10. The van der Waals surface area contributed by atoms with Crippen molar-refractivity contribution in [2.24, 2.45) is 5.41 Å². The van der Waals surface area contributed by atoms with Gasteiger partial charge in [0.1, 0.15) is 11.5 Å². The van der Waals surface area contributed by atoms with Crippen molar-refractivity contribution < 1.29 is 14.9 Å². The second-order valence-corrected chi connectivity index (χ2v) is 8.19. The maximum Gasteiger partial charge on any atom is 0.122 e. The molecule has 3 heteroatoms. The van der Waals surface area contributed by atoms with Crippen LogP contribution in [0.4, 0.5) is 0 Å². The quantitative estimate of drug-likeness (QED) is 0.466. The summed E-state index contributed by atoms with van der Waals surface area (Å²) in [5, 5.41) is 19.2. The predicted molar refractivity (Wildman–Crippen MR) is 106 cm³/mol. The van der Waals surface area contributed by atoms with E-state index in [9.17, 15) is 10.2 Å². The molecule has 0 fully saturated rings. The summed E-state index contributed by atoms with van der Waals surface area (Å²) in [7, 11) is 0. The second-order valence-electron chi connectivity index (χ2n) is 8.19. The van der Waals surface area contributed by atoms with Crippen LogP contribution < -0.4 is 4.74 Å². The first-order chi connectivity index (χ1) is 11.8. The number of unbranched alkanes of at least 4 members (excludes halogenated alkanes) is 6. The largest absolute Gasteiger partial charge is 0.507 e. The van der Waals surface area contributed by atoms with E-state index in [0.717, 1.165) is 41.9 Å². The van der Waals surface area contributed by atoms with E-state index in [1.807, 2.05) is 26.8 Å². The third-order valence-corrected chi connectivity index (χ3v) is 5.19. The van der Waals surface area contributed by atoms with Crippen molar-refractivity contribution >= 4 is 0 Å². The van der Waals surface area contributed by atoms with Gasteiger partial charge in [-0.05, 0) is 61.8 Å². The first-order valence-electron chi connectivity index (χ1n) is 9.82. The van der Waals surface area contributed by atoms with Crippen molar-refractivity contribution in [3.63, 3.8) is 0 Å². The highest BCUT2D eigenvalue weighted by atomic mass is 16.5. The molecule has 0 bridgehead atoms. The summed E-state index contributed by atoms with van der Waals surface area (Å²) in [4.78, 5) is 0. The Labute approximate surface area is 154 Å². The summed E-state index contributed by atoms with van der Waals surface area (Å²) in [5.41, 5.74) is 2.91. The first kappa shape index (κ1) is 21.8. The van der Waals surface area contributed by atoms with E-state index in [-0.39, 0.29) is 12.0 Å². The molecule has 144 valence electrons. The molecule has 0 amide bonds. The third kappa shape index (κ3) is 7.68. The van der Waals surface area contributed by atoms with Gasteiger partial charge in [0.15, 0.2) is 0 Å². The number of phenols is 1. The number of aliphatic hydroxyl groups excluding tert-OH is 1. The number of aliphatic hydroxyl groups is 1. The smallest absolute Gasteiger partial charge is 0.122 e. The summed E-state index contributed by atoms with van der Waals surface area (Å²) in [6.07, 6.45) is 9.73. The van der Waals surface area contributed by atoms with Crippen LogP contribution >= 0.6 is 0 Å². The molecule has 0 saturated heterocycles. The fraction of sp³-hybridized carbons (Fsp3) is 0.727. The van der Waals surface area contributed by atoms with Gasteiger partial charge in [-0.2, -0.15) is 0 Å². The Hall–Kier alpha value is -1.22. The number of ether oxygens (including phenoxy) is 1. The number of phenolic OH excluding ortho intramolecular Hbond substituents is 1. The summed E-state index contributed by atoms with van der Waals surface area (Å²) in [6, 6.07) is 1.94. The molecule has 0 unspecified atom stereocenters. The maximum atomic E-state index is 9.93. The number of hydrogen-bond donors (Lipinski definition) is 2. The molecule has 0 aliphatic heterocycles. The lowest BCUT2D eigenvalue weighted by atomic mass is 9.88. The number of hydrogen-bond acceptors (Lipinski definition) is 3. The molecule has 3 nitrogen and oxygen atoms in total. The van der Waals surface area contributed by atoms with Crippen molar-refractivity contribution in [3.05, 3.63) is 22.8 Å². The molecule has 0 aliphatic rings. The third-order valence-electron chi connectivity index (χ3n) is 5.19. The number of aromatic hydroxyl groups is 1. The van der Waals surface area contributed by atoms with Gasteiger partial charge in [0, 0.05) is 6.61 Å². The summed E-state index contributed by atoms with van der Waals surface area (Å²) < 4.78 is 5.91. The molecule has 0 aliphatic carbocycles. The first-order valence-corrected chi connectivity index (χ1v) is 9.82. The molecule has 1 aromatic carbocycles. The van der Waals surface area contributed by atoms with Gasteiger partial charge < -0.3 is 14.9 Å². The fourth-order valence-electron chi connectivity index (χ4n) is 3.03. The van der Waals surface area contributed by atoms with Crippen LogP contribution in [0.2, 0.25) is 0 Å². The van der Waals surface area contributed by atoms with Crippen LogP contribution in [0, 0.1) is 26.2 Å². The predicted octanol–water partition coefficient (Wildman–Crippen LogP) is 5.84. The van der Waals surface area contributed by atoms with E-state index in [1.54, 1.807) is 0 Å². The van der Waals surface area contributed by atoms with Crippen LogP contribution in [0.25, 0.3) is 0 Å². The monoisotopic (exact) mass is 350 g/mol. The molecule has 0 spiro atoms. The van der Waals surface area contributed by atoms with Gasteiger partial charge in [0.2, 0.25) is 0 Å². The van der Waals surface area contributed by atoms with Gasteiger partial charge in [-0.15, -0.1) is 0 Å². The highest BCUT2D eigenvalue weighted by Gasteiger charge is 2.15. The van der Waals surface area contributed by atoms with Gasteiger partial charge in [-0.25, -0.2) is 0 Å². The molecular weight excluding hydrogens is 312 g/mol. The van der Waals surface area contributed by atoms with E-state index < -0.39 is 0 Å². The Kier molecular flexibility index (Phi) is 9.34. The van der Waals surface area contributed by atoms with Crippen molar-refractivity contribution in [2.45, 2.75) is 86.0 Å². The molecular formula is C22H38O3. The highest BCUT2D eigenvalue weighted by Crippen LogP contribution is 2.32. The van der Waals surface area contributed by atoms with Gasteiger partial charge in [-0.1, -0.05) is 52.4 Å². The minimum absolute atomic E-state index is 0.0837. The summed E-state index contributed by atoms with van der Waals surface area (Å²) in [6.45, 7) is 11.1. The summed E-state index contributed by atoms with van der Waals surface area (Å²) >= 11 is 0. The normalized spacial score (nSPS) is 11.8. The standard InChI is InChI=1S/C22H38O3/c1-17-15-20(18(2)19(3)21(17)24)25-14-12-10-8-6-7-9-11-13-22(4,5)16-23/h15,23-24H,6-14,16H2,1-5H3. The minimum atomic E-state index is 0.0837. The van der Waals surface area contributed by atoms with E-state index >= 15 is 0 Å². The Bertz CT molecular complexity index is 520. The molecule has 0 aromatic heterocycles. The average molecular weight is 351 g/mol. The van der Waals surface area contributed by atoms with E-state index in [4.69, 9.17) is 4.74 Å². The molecule has 0 saturated carbocycles. The highest BCUT2D eigenvalue weighted by molar-refractivity contribution is 5.51. The molecule has 0 radical (unpaired) electrons. The summed E-state index contributed by atoms with van der Waals surface area (Å²) in [5.74, 6) is 1.28. The van der Waals surface area contributed by atoms with Crippen LogP contribution in [-0.2, 0) is 0 Å². The minimum Gasteiger partial charge on any atom is -0.507 e. The Morgan fingerprint density at radius 2 is 1.44 bits per heavy atom. The lowest BCUT2D eigenvalue weighted by Crippen LogP contribution is -2.16. The van der Waals surface area contributed by atoms with E-state index in [1.165, 1.54) is 38.5 Å². The fourth-order valence-corrected chi connectivity index (χ4v) is 3.03. The molecule has 1 aromatic rings. The number of benzene rings is 1. The van der Waals surface area contributed by atoms with Gasteiger partial charge in [-0.3, -0.25) is 0 Å². The van der Waals surface area contributed by atoms with Gasteiger partial charge >= 0.3 is 0 Å².